The fourth-order valence-electron chi connectivity index (χ4n) is 2.39. The first-order valence-corrected chi connectivity index (χ1v) is 7.93. The van der Waals surface area contributed by atoms with E-state index < -0.39 is 0 Å². The molecule has 19 heavy (non-hydrogen) atoms. The lowest BCUT2D eigenvalue weighted by atomic mass is 9.95. The molecule has 1 aromatic rings. The molecule has 1 aliphatic heterocycles. The second-order valence-corrected chi connectivity index (χ2v) is 4.83. The Morgan fingerprint density at radius 2 is 1.68 bits per heavy atom. The van der Waals surface area contributed by atoms with Gasteiger partial charge in [0.1, 0.15) is 0 Å². The number of piperidine rings is 1. The van der Waals surface area contributed by atoms with Crippen molar-refractivity contribution in [1.82, 2.24) is 4.90 Å². The molecule has 0 aromatic heterocycles. The minimum Gasteiger partial charge on any atom is -0.371 e. The van der Waals surface area contributed by atoms with E-state index in [-0.39, 0.29) is 11.8 Å². The molecule has 3 nitrogen and oxygen atoms in total. The van der Waals surface area contributed by atoms with Crippen molar-refractivity contribution in [3.8, 4) is 0 Å². The van der Waals surface area contributed by atoms with Crippen LogP contribution in [0.15, 0.2) is 30.3 Å². The number of hydrogen-bond acceptors (Lipinski definition) is 2. The van der Waals surface area contributed by atoms with Crippen LogP contribution in [-0.4, -0.2) is 44.7 Å². The Bertz CT molecular complexity index is 373. The molecule has 1 heterocycles. The van der Waals surface area contributed by atoms with Gasteiger partial charge in [-0.05, 0) is 25.0 Å². The van der Waals surface area contributed by atoms with E-state index in [2.05, 4.69) is 38.4 Å². The van der Waals surface area contributed by atoms with Crippen LogP contribution in [0.4, 0.5) is 5.69 Å². The van der Waals surface area contributed by atoms with Crippen molar-refractivity contribution in [2.45, 2.75) is 12.8 Å². The third kappa shape index (κ3) is 4.50. The van der Waals surface area contributed by atoms with Crippen LogP contribution in [0, 0.1) is 5.92 Å². The number of anilines is 1. The van der Waals surface area contributed by atoms with Crippen molar-refractivity contribution in [2.24, 2.45) is 5.92 Å². The second-order valence-electron chi connectivity index (χ2n) is 4.83. The number of carbonyl (C=O) groups excluding carboxylic acids is 1. The maximum atomic E-state index is 11.8. The summed E-state index contributed by atoms with van der Waals surface area (Å²) in [5.74, 6) is 0.489. The number of carbonyl (C=O) groups is 1. The zero-order valence-corrected chi connectivity index (χ0v) is 13.3. The van der Waals surface area contributed by atoms with Crippen molar-refractivity contribution in [1.29, 1.82) is 0 Å². The van der Waals surface area contributed by atoms with Crippen LogP contribution in [0.1, 0.15) is 12.8 Å². The summed E-state index contributed by atoms with van der Waals surface area (Å²) in [6.45, 7) is 3.88. The van der Waals surface area contributed by atoms with E-state index in [0.717, 1.165) is 25.9 Å². The molecule has 0 saturated carbocycles. The highest BCUT2D eigenvalue weighted by molar-refractivity contribution is 7.15. The topological polar surface area (TPSA) is 23.6 Å². The largest absolute Gasteiger partial charge is 0.371 e. The number of benzene rings is 1. The summed E-state index contributed by atoms with van der Waals surface area (Å²) in [4.78, 5) is 15.9. The average molecular weight is 280 g/mol. The fraction of sp³-hybridized carbons (Fsp3) is 0.533. The Kier molecular flexibility index (Phi) is 6.86. The molecule has 0 radical (unpaired) electrons. The summed E-state index contributed by atoms with van der Waals surface area (Å²) in [5, 5.41) is 0. The first-order chi connectivity index (χ1) is 9.18. The molecule has 4 heteroatoms. The SMILES string of the molecule is CN(C)C(=O)C1CCN(c2ccccc2)CC1.CP. The number of para-hydroxylation sites is 1. The first-order valence-electron chi connectivity index (χ1n) is 6.77. The van der Waals surface area contributed by atoms with E-state index in [1.54, 1.807) is 4.90 Å². The Hall–Kier alpha value is -1.08. The van der Waals surface area contributed by atoms with Gasteiger partial charge in [-0.25, -0.2) is 0 Å². The summed E-state index contributed by atoms with van der Waals surface area (Å²) in [5.41, 5.74) is 1.27. The maximum absolute atomic E-state index is 11.8. The van der Waals surface area contributed by atoms with Crippen molar-refractivity contribution >= 4 is 20.8 Å². The van der Waals surface area contributed by atoms with E-state index in [0.29, 0.717) is 0 Å². The molecule has 1 aliphatic rings. The van der Waals surface area contributed by atoms with Crippen molar-refractivity contribution in [3.05, 3.63) is 30.3 Å². The van der Waals surface area contributed by atoms with Gasteiger partial charge in [-0.1, -0.05) is 24.9 Å². The van der Waals surface area contributed by atoms with Crippen LogP contribution in [-0.2, 0) is 4.79 Å². The maximum Gasteiger partial charge on any atom is 0.225 e. The smallest absolute Gasteiger partial charge is 0.225 e. The Balaban J connectivity index is 0.000000861. The normalized spacial score (nSPS) is 15.5. The Morgan fingerprint density at radius 1 is 1.16 bits per heavy atom. The monoisotopic (exact) mass is 280 g/mol. The molecule has 0 aliphatic carbocycles. The van der Waals surface area contributed by atoms with Crippen molar-refractivity contribution in [3.63, 3.8) is 0 Å². The minimum absolute atomic E-state index is 0.213. The Labute approximate surface area is 119 Å². The number of hydrogen-bond donors (Lipinski definition) is 0. The van der Waals surface area contributed by atoms with Crippen LogP contribution in [0.2, 0.25) is 0 Å². The lowest BCUT2D eigenvalue weighted by Crippen LogP contribution is -2.40. The summed E-state index contributed by atoms with van der Waals surface area (Å²) in [6.07, 6.45) is 1.93. The van der Waals surface area contributed by atoms with E-state index in [4.69, 9.17) is 0 Å². The number of amides is 1. The van der Waals surface area contributed by atoms with Gasteiger partial charge in [-0.15, -0.1) is 9.24 Å². The molecule has 106 valence electrons. The van der Waals surface area contributed by atoms with Crippen LogP contribution in [0.3, 0.4) is 0 Å². The third-order valence-corrected chi connectivity index (χ3v) is 3.41. The molecule has 1 unspecified atom stereocenters. The van der Waals surface area contributed by atoms with Gasteiger partial charge in [0.25, 0.3) is 0 Å². The predicted octanol–water partition coefficient (Wildman–Crippen LogP) is 2.48. The van der Waals surface area contributed by atoms with Crippen LogP contribution in [0.25, 0.3) is 0 Å². The number of nitrogens with zero attached hydrogens (tertiary/aromatic N) is 2. The van der Waals surface area contributed by atoms with Gasteiger partial charge >= 0.3 is 0 Å². The third-order valence-electron chi connectivity index (χ3n) is 3.41. The molecule has 1 saturated heterocycles. The van der Waals surface area contributed by atoms with E-state index in [1.165, 1.54) is 5.69 Å². The lowest BCUT2D eigenvalue weighted by Gasteiger charge is -2.33. The molecular weight excluding hydrogens is 255 g/mol. The molecule has 1 aromatic carbocycles. The van der Waals surface area contributed by atoms with E-state index >= 15 is 0 Å². The standard InChI is InChI=1S/C14H20N2O.CH5P/c1-15(2)14(17)12-8-10-16(11-9-12)13-6-4-3-5-7-13;1-2/h3-7,12H,8-11H2,1-2H3;2H2,1H3. The van der Waals surface area contributed by atoms with E-state index in [9.17, 15) is 4.79 Å². The molecule has 2 rings (SSSR count). The van der Waals surface area contributed by atoms with Gasteiger partial charge in [0.15, 0.2) is 0 Å². The van der Waals surface area contributed by atoms with Crippen LogP contribution < -0.4 is 4.90 Å². The van der Waals surface area contributed by atoms with Gasteiger partial charge in [0.05, 0.1) is 0 Å². The zero-order chi connectivity index (χ0) is 14.3. The molecule has 0 N–H and O–H groups in total. The van der Waals surface area contributed by atoms with Gasteiger partial charge < -0.3 is 9.80 Å². The van der Waals surface area contributed by atoms with Gasteiger partial charge in [-0.3, -0.25) is 4.79 Å². The summed E-state index contributed by atoms with van der Waals surface area (Å²) in [7, 11) is 6.10. The quantitative estimate of drug-likeness (QED) is 0.777. The number of rotatable bonds is 2. The summed E-state index contributed by atoms with van der Waals surface area (Å²) >= 11 is 0. The average Bonchev–Trinajstić information content (AvgIpc) is 2.49. The van der Waals surface area contributed by atoms with Gasteiger partial charge in [0.2, 0.25) is 5.91 Å². The van der Waals surface area contributed by atoms with E-state index in [1.807, 2.05) is 26.8 Å². The van der Waals surface area contributed by atoms with Gasteiger partial charge in [-0.2, -0.15) is 0 Å². The lowest BCUT2D eigenvalue weighted by molar-refractivity contribution is -0.133. The predicted molar refractivity (Wildman–Crippen MR) is 85.7 cm³/mol. The summed E-state index contributed by atoms with van der Waals surface area (Å²) < 4.78 is 0. The minimum atomic E-state index is 0.213. The molecule has 1 amide bonds. The highest BCUT2D eigenvalue weighted by Crippen LogP contribution is 2.23. The highest BCUT2D eigenvalue weighted by atomic mass is 31.0. The molecular formula is C15H25N2OP. The first kappa shape index (κ1) is 16.0. The molecule has 1 fully saturated rings. The molecule has 0 spiro atoms. The fourth-order valence-corrected chi connectivity index (χ4v) is 2.39. The van der Waals surface area contributed by atoms with Crippen LogP contribution in [0.5, 0.6) is 0 Å². The van der Waals surface area contributed by atoms with Crippen molar-refractivity contribution < 1.29 is 4.79 Å². The second kappa shape index (κ2) is 8.16. The Morgan fingerprint density at radius 3 is 2.16 bits per heavy atom. The van der Waals surface area contributed by atoms with Crippen LogP contribution >= 0.6 is 9.24 Å². The highest BCUT2D eigenvalue weighted by Gasteiger charge is 2.25. The molecule has 1 atom stereocenters. The van der Waals surface area contributed by atoms with Gasteiger partial charge in [0, 0.05) is 38.8 Å². The van der Waals surface area contributed by atoms with Crippen molar-refractivity contribution in [2.75, 3.05) is 38.7 Å². The zero-order valence-electron chi connectivity index (χ0n) is 12.2. The summed E-state index contributed by atoms with van der Waals surface area (Å²) in [6, 6.07) is 10.4. The molecule has 0 bridgehead atoms.